The number of benzene rings is 1. The number of carbonyl (C=O) groups is 3. The molecule has 3 rings (SSSR count). The molecule has 0 aliphatic carbocycles. The highest BCUT2D eigenvalue weighted by atomic mass is 19.4. The number of alkyl halides is 3. The van der Waals surface area contributed by atoms with Crippen LogP contribution in [-0.2, 0) is 22.3 Å². The third kappa shape index (κ3) is 3.51. The van der Waals surface area contributed by atoms with Crippen LogP contribution >= 0.6 is 0 Å². The summed E-state index contributed by atoms with van der Waals surface area (Å²) in [7, 11) is 0. The number of hydrogen-bond donors (Lipinski definition) is 1. The summed E-state index contributed by atoms with van der Waals surface area (Å²) < 4.78 is 42.8. The largest absolute Gasteiger partial charge is 0.467 e. The minimum absolute atomic E-state index is 0.185. The van der Waals surface area contributed by atoms with Crippen molar-refractivity contribution in [3.63, 3.8) is 0 Å². The second-order valence-electron chi connectivity index (χ2n) is 5.41. The third-order valence-corrected chi connectivity index (χ3v) is 3.63. The van der Waals surface area contributed by atoms with E-state index in [9.17, 15) is 27.6 Å². The predicted molar refractivity (Wildman–Crippen MR) is 82.2 cm³/mol. The number of barbiturate groups is 1. The number of nitrogens with zero attached hydrogens (tertiary/aromatic N) is 1. The lowest BCUT2D eigenvalue weighted by atomic mass is 10.1. The zero-order chi connectivity index (χ0) is 18.9. The van der Waals surface area contributed by atoms with Crippen LogP contribution in [0.25, 0.3) is 6.08 Å². The number of furan rings is 1. The first-order valence-corrected chi connectivity index (χ1v) is 7.34. The van der Waals surface area contributed by atoms with Gasteiger partial charge in [-0.2, -0.15) is 13.2 Å². The molecular weight excluding hydrogens is 353 g/mol. The van der Waals surface area contributed by atoms with Gasteiger partial charge in [0, 0.05) is 0 Å². The van der Waals surface area contributed by atoms with Crippen LogP contribution in [-0.4, -0.2) is 22.7 Å². The van der Waals surface area contributed by atoms with E-state index in [0.29, 0.717) is 5.76 Å². The van der Waals surface area contributed by atoms with E-state index in [0.717, 1.165) is 35.2 Å². The maximum Gasteiger partial charge on any atom is 0.416 e. The van der Waals surface area contributed by atoms with Crippen molar-refractivity contribution in [1.82, 2.24) is 10.2 Å². The maximum atomic E-state index is 12.6. The van der Waals surface area contributed by atoms with E-state index in [1.807, 2.05) is 5.32 Å². The Morgan fingerprint density at radius 1 is 1.08 bits per heavy atom. The van der Waals surface area contributed by atoms with Gasteiger partial charge in [-0.25, -0.2) is 4.79 Å². The van der Waals surface area contributed by atoms with Gasteiger partial charge in [0.2, 0.25) is 0 Å². The molecule has 0 saturated carbocycles. The number of urea groups is 1. The van der Waals surface area contributed by atoms with Gasteiger partial charge < -0.3 is 4.42 Å². The number of amides is 4. The van der Waals surface area contributed by atoms with Crippen LogP contribution in [0.1, 0.15) is 16.9 Å². The Morgan fingerprint density at radius 3 is 2.35 bits per heavy atom. The van der Waals surface area contributed by atoms with Gasteiger partial charge in [-0.1, -0.05) is 12.1 Å². The Bertz CT molecular complexity index is 884. The van der Waals surface area contributed by atoms with E-state index < -0.39 is 29.6 Å². The predicted octanol–water partition coefficient (Wildman–Crippen LogP) is 2.96. The van der Waals surface area contributed by atoms with Gasteiger partial charge >= 0.3 is 12.2 Å². The van der Waals surface area contributed by atoms with Crippen molar-refractivity contribution in [2.45, 2.75) is 12.7 Å². The van der Waals surface area contributed by atoms with E-state index >= 15 is 0 Å². The number of rotatable bonds is 3. The molecule has 1 aromatic carbocycles. The van der Waals surface area contributed by atoms with Gasteiger partial charge in [-0.15, -0.1) is 0 Å². The molecule has 0 unspecified atom stereocenters. The van der Waals surface area contributed by atoms with Gasteiger partial charge in [0.15, 0.2) is 0 Å². The van der Waals surface area contributed by atoms with Crippen molar-refractivity contribution in [2.75, 3.05) is 0 Å². The highest BCUT2D eigenvalue weighted by Gasteiger charge is 2.36. The van der Waals surface area contributed by atoms with E-state index in [-0.39, 0.29) is 17.7 Å². The number of nitrogens with one attached hydrogen (secondary N) is 1. The lowest BCUT2D eigenvalue weighted by molar-refractivity contribution is -0.137. The molecule has 2 aromatic rings. The van der Waals surface area contributed by atoms with Gasteiger partial charge in [0.25, 0.3) is 11.8 Å². The zero-order valence-corrected chi connectivity index (χ0v) is 13.0. The first-order chi connectivity index (χ1) is 12.3. The summed E-state index contributed by atoms with van der Waals surface area (Å²) in [5, 5.41) is 2.02. The lowest BCUT2D eigenvalue weighted by Crippen LogP contribution is -2.53. The molecule has 1 saturated heterocycles. The molecule has 0 atom stereocenters. The molecule has 0 spiro atoms. The summed E-state index contributed by atoms with van der Waals surface area (Å²) in [5.74, 6) is -1.46. The van der Waals surface area contributed by atoms with Crippen molar-refractivity contribution >= 4 is 23.9 Å². The second-order valence-corrected chi connectivity index (χ2v) is 5.41. The highest BCUT2D eigenvalue weighted by molar-refractivity contribution is 6.30. The molecule has 134 valence electrons. The quantitative estimate of drug-likeness (QED) is 0.671. The van der Waals surface area contributed by atoms with Gasteiger partial charge in [0.1, 0.15) is 11.3 Å². The van der Waals surface area contributed by atoms with Crippen LogP contribution < -0.4 is 5.32 Å². The summed E-state index contributed by atoms with van der Waals surface area (Å²) in [6.45, 7) is -0.185. The first-order valence-electron chi connectivity index (χ1n) is 7.34. The van der Waals surface area contributed by atoms with Crippen molar-refractivity contribution in [3.8, 4) is 0 Å². The molecule has 1 fully saturated rings. The average molecular weight is 364 g/mol. The van der Waals surface area contributed by atoms with E-state index in [4.69, 9.17) is 4.42 Å². The zero-order valence-electron chi connectivity index (χ0n) is 13.0. The van der Waals surface area contributed by atoms with Gasteiger partial charge in [0.05, 0.1) is 18.4 Å². The summed E-state index contributed by atoms with van der Waals surface area (Å²) >= 11 is 0. The van der Waals surface area contributed by atoms with E-state index in [1.54, 1.807) is 12.1 Å². The molecule has 1 aromatic heterocycles. The highest BCUT2D eigenvalue weighted by Crippen LogP contribution is 2.29. The molecule has 6 nitrogen and oxygen atoms in total. The normalized spacial score (nSPS) is 17.0. The van der Waals surface area contributed by atoms with Crippen LogP contribution in [0.4, 0.5) is 18.0 Å². The second kappa shape index (κ2) is 6.51. The molecule has 26 heavy (non-hydrogen) atoms. The molecule has 0 radical (unpaired) electrons. The molecule has 4 amide bonds. The summed E-state index contributed by atoms with van der Waals surface area (Å²) in [4.78, 5) is 37.0. The molecule has 1 aliphatic rings. The minimum Gasteiger partial charge on any atom is -0.467 e. The molecular formula is C17H11F3N2O4. The Kier molecular flexibility index (Phi) is 4.37. The fraction of sp³-hybridized carbons (Fsp3) is 0.118. The Hall–Kier alpha value is -3.36. The topological polar surface area (TPSA) is 79.6 Å². The van der Waals surface area contributed by atoms with Crippen molar-refractivity contribution in [3.05, 3.63) is 65.1 Å². The van der Waals surface area contributed by atoms with Crippen LogP contribution in [0.5, 0.6) is 0 Å². The number of imide groups is 2. The molecule has 1 N–H and O–H groups in total. The first kappa shape index (κ1) is 17.5. The van der Waals surface area contributed by atoms with E-state index in [1.165, 1.54) is 6.26 Å². The van der Waals surface area contributed by atoms with Crippen molar-refractivity contribution in [1.29, 1.82) is 0 Å². The average Bonchev–Trinajstić information content (AvgIpc) is 3.08. The number of hydrogen-bond acceptors (Lipinski definition) is 4. The van der Waals surface area contributed by atoms with Crippen LogP contribution in [0.3, 0.4) is 0 Å². The summed E-state index contributed by atoms with van der Waals surface area (Å²) in [6.07, 6.45) is -2.00. The fourth-order valence-corrected chi connectivity index (χ4v) is 2.33. The maximum absolute atomic E-state index is 12.6. The fourth-order valence-electron chi connectivity index (χ4n) is 2.33. The van der Waals surface area contributed by atoms with Crippen molar-refractivity contribution < 1.29 is 32.0 Å². The van der Waals surface area contributed by atoms with Crippen LogP contribution in [0.15, 0.2) is 52.7 Å². The lowest BCUT2D eigenvalue weighted by Gasteiger charge is -2.25. The minimum atomic E-state index is -4.49. The Balaban J connectivity index is 1.87. The monoisotopic (exact) mass is 364 g/mol. The van der Waals surface area contributed by atoms with Crippen LogP contribution in [0, 0.1) is 0 Å². The molecule has 2 heterocycles. The van der Waals surface area contributed by atoms with Crippen molar-refractivity contribution in [2.24, 2.45) is 0 Å². The number of halogens is 3. The SMILES string of the molecule is O=C1NC(=O)N(Cc2ccco2)C(=O)/C1=C/c1ccc(C(F)(F)F)cc1. The smallest absolute Gasteiger partial charge is 0.416 e. The van der Waals surface area contributed by atoms with Crippen LogP contribution in [0.2, 0.25) is 0 Å². The Morgan fingerprint density at radius 2 is 1.77 bits per heavy atom. The van der Waals surface area contributed by atoms with Gasteiger partial charge in [-0.3, -0.25) is 19.8 Å². The summed E-state index contributed by atoms with van der Waals surface area (Å²) in [6, 6.07) is 6.16. The molecule has 0 bridgehead atoms. The summed E-state index contributed by atoms with van der Waals surface area (Å²) in [5.41, 5.74) is -1.01. The van der Waals surface area contributed by atoms with E-state index in [2.05, 4.69) is 0 Å². The molecule has 1 aliphatic heterocycles. The Labute approximate surface area is 144 Å². The molecule has 9 heteroatoms. The number of carbonyl (C=O) groups excluding carboxylic acids is 3. The third-order valence-electron chi connectivity index (χ3n) is 3.63. The van der Waals surface area contributed by atoms with Gasteiger partial charge in [-0.05, 0) is 35.9 Å². The standard InChI is InChI=1S/C17H11F3N2O4/c18-17(19,20)11-5-3-10(4-6-11)8-13-14(23)21-16(25)22(15(13)24)9-12-2-1-7-26-12/h1-8H,9H2,(H,21,23,25)/b13-8+.